The van der Waals surface area contributed by atoms with Gasteiger partial charge in [0.05, 0.1) is 25.3 Å². The fourth-order valence-electron chi connectivity index (χ4n) is 2.46. The lowest BCUT2D eigenvalue weighted by Gasteiger charge is -2.18. The number of carbonyl (C=O) groups is 2. The Balaban J connectivity index is 2.03. The molecule has 0 unspecified atom stereocenters. The first-order chi connectivity index (χ1) is 13.0. The van der Waals surface area contributed by atoms with Crippen LogP contribution in [0.1, 0.15) is 24.2 Å². The third kappa shape index (κ3) is 5.44. The number of anilines is 1. The van der Waals surface area contributed by atoms with Gasteiger partial charge in [-0.15, -0.1) is 0 Å². The van der Waals surface area contributed by atoms with Gasteiger partial charge >= 0.3 is 0 Å². The van der Waals surface area contributed by atoms with Gasteiger partial charge in [0.25, 0.3) is 5.91 Å². The molecule has 2 aromatic rings. The predicted octanol–water partition coefficient (Wildman–Crippen LogP) is 3.33. The molecule has 0 saturated carbocycles. The quantitative estimate of drug-likeness (QED) is 0.770. The summed E-state index contributed by atoms with van der Waals surface area (Å²) in [6.07, 6.45) is 0. The molecule has 0 radical (unpaired) electrons. The number of hydrogen-bond acceptors (Lipinski definition) is 4. The molecule has 6 nitrogen and oxygen atoms in total. The molecular formula is C20H23FN2O4. The lowest BCUT2D eigenvalue weighted by molar-refractivity contribution is -0.116. The van der Waals surface area contributed by atoms with E-state index in [1.54, 1.807) is 24.3 Å². The van der Waals surface area contributed by atoms with Crippen molar-refractivity contribution in [1.29, 1.82) is 0 Å². The number of carbonyl (C=O) groups excluding carboxylic acids is 2. The maximum atomic E-state index is 13.7. The zero-order chi connectivity index (χ0) is 19.8. The van der Waals surface area contributed by atoms with Crippen molar-refractivity contribution >= 4 is 17.5 Å². The Labute approximate surface area is 157 Å². The summed E-state index contributed by atoms with van der Waals surface area (Å²) in [5.74, 6) is -0.487. The monoisotopic (exact) mass is 374 g/mol. The molecule has 0 aromatic heterocycles. The van der Waals surface area contributed by atoms with E-state index in [-0.39, 0.29) is 12.1 Å². The number of hydrogen-bond donors (Lipinski definition) is 1. The number of amides is 2. The number of rotatable bonds is 8. The fourth-order valence-corrected chi connectivity index (χ4v) is 2.46. The second-order valence-corrected chi connectivity index (χ2v) is 5.72. The number of halogens is 1. The average Bonchev–Trinajstić information content (AvgIpc) is 2.64. The summed E-state index contributed by atoms with van der Waals surface area (Å²) >= 11 is 0. The van der Waals surface area contributed by atoms with Crippen LogP contribution in [-0.2, 0) is 4.79 Å². The van der Waals surface area contributed by atoms with Crippen molar-refractivity contribution in [3.05, 3.63) is 53.8 Å². The van der Waals surface area contributed by atoms with Crippen LogP contribution < -0.4 is 14.8 Å². The van der Waals surface area contributed by atoms with Gasteiger partial charge in [0, 0.05) is 18.8 Å². The zero-order valence-electron chi connectivity index (χ0n) is 15.6. The summed E-state index contributed by atoms with van der Waals surface area (Å²) in [6.45, 7) is 4.45. The molecule has 2 amide bonds. The minimum absolute atomic E-state index is 0.0764. The van der Waals surface area contributed by atoms with E-state index in [4.69, 9.17) is 9.47 Å². The normalized spacial score (nSPS) is 10.2. The lowest BCUT2D eigenvalue weighted by atomic mass is 10.2. The van der Waals surface area contributed by atoms with Crippen molar-refractivity contribution in [3.8, 4) is 11.5 Å². The van der Waals surface area contributed by atoms with Crippen molar-refractivity contribution in [1.82, 2.24) is 4.90 Å². The minimum atomic E-state index is -0.623. The summed E-state index contributed by atoms with van der Waals surface area (Å²) in [7, 11) is 1.44. The molecule has 2 rings (SSSR count). The van der Waals surface area contributed by atoms with E-state index in [0.29, 0.717) is 30.4 Å². The van der Waals surface area contributed by atoms with Crippen LogP contribution >= 0.6 is 0 Å². The summed E-state index contributed by atoms with van der Waals surface area (Å²) in [6, 6.07) is 10.7. The average molecular weight is 374 g/mol. The Kier molecular flexibility index (Phi) is 7.16. The van der Waals surface area contributed by atoms with Gasteiger partial charge in [0.15, 0.2) is 11.5 Å². The molecule has 0 fully saturated rings. The molecule has 27 heavy (non-hydrogen) atoms. The van der Waals surface area contributed by atoms with Gasteiger partial charge in [-0.3, -0.25) is 9.59 Å². The highest BCUT2D eigenvalue weighted by Crippen LogP contribution is 2.30. The predicted molar refractivity (Wildman–Crippen MR) is 101 cm³/mol. The largest absolute Gasteiger partial charge is 0.490 e. The molecule has 0 heterocycles. The molecule has 0 aliphatic heterocycles. The fraction of sp³-hybridized carbons (Fsp3) is 0.300. The van der Waals surface area contributed by atoms with Gasteiger partial charge in [-0.25, -0.2) is 4.39 Å². The molecule has 2 aromatic carbocycles. The summed E-state index contributed by atoms with van der Waals surface area (Å²) in [5.41, 5.74) is 0.436. The van der Waals surface area contributed by atoms with E-state index >= 15 is 0 Å². The third-order valence-electron chi connectivity index (χ3n) is 3.66. The molecule has 0 saturated heterocycles. The van der Waals surface area contributed by atoms with Gasteiger partial charge in [-0.1, -0.05) is 12.1 Å². The first kappa shape index (κ1) is 20.2. The third-order valence-corrected chi connectivity index (χ3v) is 3.66. The second kappa shape index (κ2) is 9.56. The van der Waals surface area contributed by atoms with Crippen molar-refractivity contribution in [3.63, 3.8) is 0 Å². The van der Waals surface area contributed by atoms with E-state index in [1.807, 2.05) is 13.8 Å². The molecule has 144 valence electrons. The van der Waals surface area contributed by atoms with Gasteiger partial charge < -0.3 is 19.7 Å². The highest BCUT2D eigenvalue weighted by molar-refractivity contribution is 5.99. The van der Waals surface area contributed by atoms with Crippen molar-refractivity contribution in [2.24, 2.45) is 0 Å². The maximum Gasteiger partial charge on any atom is 0.257 e. The number of benzene rings is 2. The first-order valence-electron chi connectivity index (χ1n) is 8.65. The highest BCUT2D eigenvalue weighted by Gasteiger charge is 2.18. The minimum Gasteiger partial charge on any atom is -0.490 e. The number of likely N-dealkylation sites (N-methyl/N-ethyl adjacent to an activating group) is 1. The van der Waals surface area contributed by atoms with Crippen LogP contribution in [-0.4, -0.2) is 43.5 Å². The Morgan fingerprint density at radius 3 is 2.37 bits per heavy atom. The van der Waals surface area contributed by atoms with Gasteiger partial charge in [0.1, 0.15) is 5.82 Å². The van der Waals surface area contributed by atoms with Crippen LogP contribution in [0.3, 0.4) is 0 Å². The van der Waals surface area contributed by atoms with Crippen LogP contribution in [0.2, 0.25) is 0 Å². The topological polar surface area (TPSA) is 67.9 Å². The van der Waals surface area contributed by atoms with Crippen LogP contribution in [0.4, 0.5) is 10.1 Å². The first-order valence-corrected chi connectivity index (χ1v) is 8.65. The molecule has 0 aliphatic carbocycles. The van der Waals surface area contributed by atoms with Gasteiger partial charge in [0.2, 0.25) is 5.91 Å². The second-order valence-electron chi connectivity index (χ2n) is 5.72. The van der Waals surface area contributed by atoms with Crippen LogP contribution in [0.25, 0.3) is 0 Å². The summed E-state index contributed by atoms with van der Waals surface area (Å²) in [4.78, 5) is 25.7. The number of nitrogens with zero attached hydrogens (tertiary/aromatic N) is 1. The van der Waals surface area contributed by atoms with Crippen molar-refractivity contribution in [2.45, 2.75) is 13.8 Å². The Morgan fingerprint density at radius 1 is 1.04 bits per heavy atom. The summed E-state index contributed by atoms with van der Waals surface area (Å²) in [5, 5.41) is 2.70. The standard InChI is InChI=1S/C20H23FN2O4/c1-4-26-17-11-10-14(12-18(17)27-5-2)22-19(24)13-23(3)20(25)15-8-6-7-9-16(15)21/h6-12H,4-5,13H2,1-3H3,(H,22,24). The summed E-state index contributed by atoms with van der Waals surface area (Å²) < 4.78 is 24.7. The van der Waals surface area contributed by atoms with Crippen molar-refractivity contribution in [2.75, 3.05) is 32.1 Å². The molecular weight excluding hydrogens is 351 g/mol. The molecule has 7 heteroatoms. The zero-order valence-corrected chi connectivity index (χ0v) is 15.6. The van der Waals surface area contributed by atoms with Crippen molar-refractivity contribution < 1.29 is 23.5 Å². The van der Waals surface area contributed by atoms with E-state index < -0.39 is 17.6 Å². The van der Waals surface area contributed by atoms with E-state index in [9.17, 15) is 14.0 Å². The maximum absolute atomic E-state index is 13.7. The van der Waals surface area contributed by atoms with E-state index in [2.05, 4.69) is 5.32 Å². The van der Waals surface area contributed by atoms with E-state index in [0.717, 1.165) is 4.90 Å². The van der Waals surface area contributed by atoms with Gasteiger partial charge in [-0.2, -0.15) is 0 Å². The highest BCUT2D eigenvalue weighted by atomic mass is 19.1. The molecule has 0 aliphatic rings. The van der Waals surface area contributed by atoms with Crippen LogP contribution in [0, 0.1) is 5.82 Å². The molecule has 0 bridgehead atoms. The smallest absolute Gasteiger partial charge is 0.257 e. The number of ether oxygens (including phenoxy) is 2. The molecule has 0 atom stereocenters. The molecule has 0 spiro atoms. The Hall–Kier alpha value is -3.09. The SMILES string of the molecule is CCOc1ccc(NC(=O)CN(C)C(=O)c2ccccc2F)cc1OCC. The lowest BCUT2D eigenvalue weighted by Crippen LogP contribution is -2.35. The Morgan fingerprint density at radius 2 is 1.70 bits per heavy atom. The van der Waals surface area contributed by atoms with E-state index in [1.165, 1.54) is 25.2 Å². The number of nitrogens with one attached hydrogen (secondary N) is 1. The molecule has 1 N–H and O–H groups in total. The van der Waals surface area contributed by atoms with Crippen LogP contribution in [0.15, 0.2) is 42.5 Å². The van der Waals surface area contributed by atoms with Crippen LogP contribution in [0.5, 0.6) is 11.5 Å². The Bertz CT molecular complexity index is 810. The van der Waals surface area contributed by atoms with Gasteiger partial charge in [-0.05, 0) is 38.1 Å².